The maximum atomic E-state index is 13.0. The third-order valence-electron chi connectivity index (χ3n) is 3.27. The summed E-state index contributed by atoms with van der Waals surface area (Å²) < 4.78 is 13.0. The van der Waals surface area contributed by atoms with Crippen molar-refractivity contribution in [2.45, 2.75) is 13.0 Å². The highest BCUT2D eigenvalue weighted by atomic mass is 35.5. The summed E-state index contributed by atoms with van der Waals surface area (Å²) in [5, 5.41) is 6.21. The lowest BCUT2D eigenvalue weighted by Gasteiger charge is -2.18. The minimum atomic E-state index is -0.446. The molecule has 1 aromatic carbocycles. The van der Waals surface area contributed by atoms with E-state index in [1.54, 1.807) is 6.07 Å². The lowest BCUT2D eigenvalue weighted by atomic mass is 10.2. The summed E-state index contributed by atoms with van der Waals surface area (Å²) >= 11 is 5.70. The molecule has 1 heterocycles. The minimum absolute atomic E-state index is 0.0210. The normalized spacial score (nSPS) is 16.7. The summed E-state index contributed by atoms with van der Waals surface area (Å²) in [5.41, 5.74) is 0.794. The first-order valence-electron chi connectivity index (χ1n) is 6.79. The number of benzene rings is 1. The largest absolute Gasteiger partial charge is 0.351 e. The first-order valence-corrected chi connectivity index (χ1v) is 7.16. The topological polar surface area (TPSA) is 44.4 Å². The molecule has 0 aliphatic carbocycles. The standard InChI is InChI=1S/C14H19ClFN3O/c15-12-8-11(2-3-13(12)16)9-18-14(20)10-19-6-1-4-17-5-7-19/h2-3,8,17H,1,4-7,9-10H2,(H,18,20). The monoisotopic (exact) mass is 299 g/mol. The minimum Gasteiger partial charge on any atom is -0.351 e. The average molecular weight is 300 g/mol. The van der Waals surface area contributed by atoms with Crippen molar-refractivity contribution in [3.05, 3.63) is 34.6 Å². The van der Waals surface area contributed by atoms with Gasteiger partial charge in [-0.15, -0.1) is 0 Å². The molecular formula is C14H19ClFN3O. The lowest BCUT2D eigenvalue weighted by molar-refractivity contribution is -0.122. The molecule has 20 heavy (non-hydrogen) atoms. The maximum absolute atomic E-state index is 13.0. The Bertz CT molecular complexity index is 462. The van der Waals surface area contributed by atoms with Gasteiger partial charge in [0.15, 0.2) is 0 Å². The highest BCUT2D eigenvalue weighted by Gasteiger charge is 2.12. The third kappa shape index (κ3) is 4.74. The van der Waals surface area contributed by atoms with Gasteiger partial charge in [0.2, 0.25) is 5.91 Å². The zero-order valence-electron chi connectivity index (χ0n) is 11.3. The first kappa shape index (κ1) is 15.2. The fourth-order valence-corrected chi connectivity index (χ4v) is 2.37. The van der Waals surface area contributed by atoms with Crippen LogP contribution in [-0.4, -0.2) is 43.5 Å². The lowest BCUT2D eigenvalue weighted by Crippen LogP contribution is -2.38. The molecular weight excluding hydrogens is 281 g/mol. The summed E-state index contributed by atoms with van der Waals surface area (Å²) in [6.45, 7) is 4.51. The molecule has 0 bridgehead atoms. The molecule has 0 unspecified atom stereocenters. The van der Waals surface area contributed by atoms with Crippen molar-refractivity contribution in [2.24, 2.45) is 0 Å². The zero-order chi connectivity index (χ0) is 14.4. The molecule has 4 nitrogen and oxygen atoms in total. The molecule has 0 aromatic heterocycles. The Morgan fingerprint density at radius 3 is 3.05 bits per heavy atom. The van der Waals surface area contributed by atoms with Crippen molar-refractivity contribution >= 4 is 17.5 Å². The molecule has 6 heteroatoms. The van der Waals surface area contributed by atoms with Gasteiger partial charge in [-0.2, -0.15) is 0 Å². The van der Waals surface area contributed by atoms with Crippen LogP contribution in [0.2, 0.25) is 5.02 Å². The van der Waals surface area contributed by atoms with Crippen LogP contribution in [0.4, 0.5) is 4.39 Å². The van der Waals surface area contributed by atoms with Crippen LogP contribution in [0.15, 0.2) is 18.2 Å². The van der Waals surface area contributed by atoms with E-state index in [-0.39, 0.29) is 10.9 Å². The number of rotatable bonds is 4. The fraction of sp³-hybridized carbons (Fsp3) is 0.500. The predicted molar refractivity (Wildman–Crippen MR) is 77.2 cm³/mol. The summed E-state index contributed by atoms with van der Waals surface area (Å²) in [6.07, 6.45) is 1.06. The summed E-state index contributed by atoms with van der Waals surface area (Å²) in [4.78, 5) is 14.0. The summed E-state index contributed by atoms with van der Waals surface area (Å²) in [7, 11) is 0. The molecule has 2 N–H and O–H groups in total. The van der Waals surface area contributed by atoms with E-state index in [1.165, 1.54) is 12.1 Å². The number of carbonyl (C=O) groups excluding carboxylic acids is 1. The SMILES string of the molecule is O=C(CN1CCCNCC1)NCc1ccc(F)c(Cl)c1. The summed E-state index contributed by atoms with van der Waals surface area (Å²) in [6, 6.07) is 4.47. The van der Waals surface area contributed by atoms with Gasteiger partial charge in [-0.25, -0.2) is 4.39 Å². The van der Waals surface area contributed by atoms with Crippen molar-refractivity contribution in [2.75, 3.05) is 32.7 Å². The Hall–Kier alpha value is -1.17. The Labute approximate surface area is 123 Å². The molecule has 1 saturated heterocycles. The Kier molecular flexibility index (Phi) is 5.76. The van der Waals surface area contributed by atoms with Gasteiger partial charge >= 0.3 is 0 Å². The molecule has 0 atom stereocenters. The van der Waals surface area contributed by atoms with E-state index in [0.717, 1.165) is 38.2 Å². The second-order valence-corrected chi connectivity index (χ2v) is 5.31. The highest BCUT2D eigenvalue weighted by Crippen LogP contribution is 2.15. The molecule has 1 aliphatic heterocycles. The molecule has 1 aromatic rings. The van der Waals surface area contributed by atoms with E-state index >= 15 is 0 Å². The van der Waals surface area contributed by atoms with Crippen molar-refractivity contribution in [3.63, 3.8) is 0 Å². The van der Waals surface area contributed by atoms with Gasteiger partial charge in [-0.05, 0) is 37.2 Å². The number of nitrogens with zero attached hydrogens (tertiary/aromatic N) is 1. The van der Waals surface area contributed by atoms with Gasteiger partial charge in [-0.1, -0.05) is 17.7 Å². The maximum Gasteiger partial charge on any atom is 0.234 e. The van der Waals surface area contributed by atoms with E-state index in [0.29, 0.717) is 13.1 Å². The van der Waals surface area contributed by atoms with Gasteiger partial charge in [0.1, 0.15) is 5.82 Å². The number of halogens is 2. The third-order valence-corrected chi connectivity index (χ3v) is 3.56. The number of carbonyl (C=O) groups is 1. The van der Waals surface area contributed by atoms with Crippen LogP contribution in [0, 0.1) is 5.82 Å². The van der Waals surface area contributed by atoms with Gasteiger partial charge in [0.25, 0.3) is 0 Å². The molecule has 0 radical (unpaired) electrons. The van der Waals surface area contributed by atoms with E-state index in [2.05, 4.69) is 15.5 Å². The number of nitrogens with one attached hydrogen (secondary N) is 2. The molecule has 0 saturated carbocycles. The van der Waals surface area contributed by atoms with Crippen LogP contribution >= 0.6 is 11.6 Å². The zero-order valence-corrected chi connectivity index (χ0v) is 12.0. The van der Waals surface area contributed by atoms with Gasteiger partial charge < -0.3 is 10.6 Å². The second-order valence-electron chi connectivity index (χ2n) is 4.90. The van der Waals surface area contributed by atoms with Gasteiger partial charge in [-0.3, -0.25) is 9.69 Å². The van der Waals surface area contributed by atoms with Crippen molar-refractivity contribution in [3.8, 4) is 0 Å². The quantitative estimate of drug-likeness (QED) is 0.883. The predicted octanol–water partition coefficient (Wildman–Crippen LogP) is 1.39. The molecule has 0 spiro atoms. The van der Waals surface area contributed by atoms with Gasteiger partial charge in [0, 0.05) is 19.6 Å². The van der Waals surface area contributed by atoms with Crippen LogP contribution in [0.5, 0.6) is 0 Å². The van der Waals surface area contributed by atoms with Crippen LogP contribution in [0.3, 0.4) is 0 Å². The van der Waals surface area contributed by atoms with Crippen LogP contribution < -0.4 is 10.6 Å². The first-order chi connectivity index (χ1) is 9.65. The number of amides is 1. The number of hydrogen-bond donors (Lipinski definition) is 2. The van der Waals surface area contributed by atoms with E-state index in [1.807, 2.05) is 0 Å². The Balaban J connectivity index is 1.77. The molecule has 1 aliphatic rings. The highest BCUT2D eigenvalue weighted by molar-refractivity contribution is 6.30. The van der Waals surface area contributed by atoms with Crippen molar-refractivity contribution in [1.82, 2.24) is 15.5 Å². The number of hydrogen-bond acceptors (Lipinski definition) is 3. The molecule has 110 valence electrons. The van der Waals surface area contributed by atoms with E-state index in [9.17, 15) is 9.18 Å². The molecule has 1 fully saturated rings. The van der Waals surface area contributed by atoms with E-state index in [4.69, 9.17) is 11.6 Å². The van der Waals surface area contributed by atoms with Crippen molar-refractivity contribution in [1.29, 1.82) is 0 Å². The van der Waals surface area contributed by atoms with Gasteiger partial charge in [0.05, 0.1) is 11.6 Å². The van der Waals surface area contributed by atoms with Crippen molar-refractivity contribution < 1.29 is 9.18 Å². The average Bonchev–Trinajstić information content (AvgIpc) is 2.69. The fourth-order valence-electron chi connectivity index (χ4n) is 2.17. The Morgan fingerprint density at radius 2 is 2.25 bits per heavy atom. The molecule has 2 rings (SSSR count). The molecule has 1 amide bonds. The Morgan fingerprint density at radius 1 is 1.40 bits per heavy atom. The van der Waals surface area contributed by atoms with Crippen LogP contribution in [-0.2, 0) is 11.3 Å². The van der Waals surface area contributed by atoms with Crippen LogP contribution in [0.1, 0.15) is 12.0 Å². The summed E-state index contributed by atoms with van der Waals surface area (Å²) in [5.74, 6) is -0.467. The van der Waals surface area contributed by atoms with E-state index < -0.39 is 5.82 Å². The smallest absolute Gasteiger partial charge is 0.234 e. The van der Waals surface area contributed by atoms with Crippen LogP contribution in [0.25, 0.3) is 0 Å². The second kappa shape index (κ2) is 7.57.